The average molecular weight is 176 g/mol. The van der Waals surface area contributed by atoms with Crippen molar-refractivity contribution in [2.45, 2.75) is 32.3 Å². The molecule has 1 aliphatic heterocycles. The van der Waals surface area contributed by atoms with Gasteiger partial charge in [-0.15, -0.1) is 0 Å². The number of rotatable bonds is 1. The lowest BCUT2D eigenvalue weighted by molar-refractivity contribution is -0.146. The summed E-state index contributed by atoms with van der Waals surface area (Å²) in [5.41, 5.74) is 0. The Hall–Kier alpha value is -0.610. The summed E-state index contributed by atoms with van der Waals surface area (Å²) in [4.78, 5) is 10.2. The molecule has 1 fully saturated rings. The second-order valence-corrected chi connectivity index (χ2v) is 2.71. The van der Waals surface area contributed by atoms with Gasteiger partial charge in [-0.05, 0) is 19.8 Å². The second kappa shape index (κ2) is 7.06. The zero-order valence-corrected chi connectivity index (χ0v) is 7.32. The molecule has 12 heavy (non-hydrogen) atoms. The summed E-state index contributed by atoms with van der Waals surface area (Å²) in [5.74, 6) is -0.0359. The summed E-state index contributed by atoms with van der Waals surface area (Å²) in [7, 11) is 0. The number of carbonyl (C=O) groups excluding carboxylic acids is 1. The molecule has 72 valence electrons. The number of ether oxygens (including phenoxy) is 1. The summed E-state index contributed by atoms with van der Waals surface area (Å²) in [6.07, 6.45) is 2.12. The Bertz CT molecular complexity index is 114. The topological polar surface area (TPSA) is 66.8 Å². The van der Waals surface area contributed by atoms with Gasteiger partial charge in [-0.2, -0.15) is 0 Å². The van der Waals surface area contributed by atoms with Crippen LogP contribution in [0.3, 0.4) is 0 Å². The van der Waals surface area contributed by atoms with E-state index in [0.717, 1.165) is 12.8 Å². The Kier molecular flexibility index (Phi) is 6.70. The zero-order valence-electron chi connectivity index (χ0n) is 7.32. The van der Waals surface area contributed by atoms with Crippen LogP contribution in [0.4, 0.5) is 0 Å². The van der Waals surface area contributed by atoms with Crippen molar-refractivity contribution >= 4 is 5.97 Å². The predicted molar refractivity (Wildman–Crippen MR) is 43.6 cm³/mol. The van der Waals surface area contributed by atoms with Gasteiger partial charge in [0.1, 0.15) is 0 Å². The highest BCUT2D eigenvalue weighted by atomic mass is 16.5. The highest BCUT2D eigenvalue weighted by Crippen LogP contribution is 2.04. The molecule has 0 spiro atoms. The molecule has 1 atom stereocenters. The maximum absolute atomic E-state index is 10.2. The van der Waals surface area contributed by atoms with Crippen molar-refractivity contribution in [3.8, 4) is 0 Å². The van der Waals surface area contributed by atoms with E-state index in [1.165, 1.54) is 6.92 Å². The molecule has 1 rings (SSSR count). The first-order valence-electron chi connectivity index (χ1n) is 4.11. The molecule has 0 aliphatic carbocycles. The van der Waals surface area contributed by atoms with E-state index in [2.05, 4.69) is 4.74 Å². The van der Waals surface area contributed by atoms with E-state index in [1.807, 2.05) is 0 Å². The first kappa shape index (κ1) is 11.4. The smallest absolute Gasteiger partial charge is 0.305 e. The first-order valence-corrected chi connectivity index (χ1v) is 4.11. The van der Waals surface area contributed by atoms with Crippen LogP contribution in [0.1, 0.15) is 26.2 Å². The molecule has 0 aromatic rings. The highest BCUT2D eigenvalue weighted by Gasteiger charge is 2.06. The molecule has 1 aliphatic rings. The second-order valence-electron chi connectivity index (χ2n) is 2.71. The van der Waals surface area contributed by atoms with Crippen LogP contribution in [-0.2, 0) is 9.53 Å². The van der Waals surface area contributed by atoms with Crippen LogP contribution >= 0.6 is 0 Å². The van der Waals surface area contributed by atoms with Gasteiger partial charge in [-0.25, -0.2) is 0 Å². The number of hydrogen-bond acceptors (Lipinski definition) is 4. The molecule has 0 saturated carbocycles. The fourth-order valence-corrected chi connectivity index (χ4v) is 0.630. The van der Waals surface area contributed by atoms with Gasteiger partial charge in [0.2, 0.25) is 0 Å². The van der Waals surface area contributed by atoms with Crippen LogP contribution in [0.2, 0.25) is 0 Å². The molecular formula is C8H16O4. The average Bonchev–Trinajstić information content (AvgIpc) is 2.07. The minimum absolute atomic E-state index is 0.0359. The lowest BCUT2D eigenvalue weighted by Gasteiger charge is -2.08. The van der Waals surface area contributed by atoms with Gasteiger partial charge in [0.15, 0.2) is 0 Å². The number of aliphatic hydroxyl groups excluding tert-OH is 2. The van der Waals surface area contributed by atoms with Gasteiger partial charge >= 0.3 is 5.97 Å². The molecule has 0 amide bonds. The van der Waals surface area contributed by atoms with Gasteiger partial charge in [0.05, 0.1) is 19.3 Å². The zero-order chi connectivity index (χ0) is 9.40. The van der Waals surface area contributed by atoms with Gasteiger partial charge < -0.3 is 14.9 Å². The van der Waals surface area contributed by atoms with Gasteiger partial charge in [-0.1, -0.05) is 0 Å². The Labute approximate surface area is 72.2 Å². The Morgan fingerprint density at radius 1 is 1.58 bits per heavy atom. The van der Waals surface area contributed by atoms with Crippen molar-refractivity contribution in [3.05, 3.63) is 0 Å². The van der Waals surface area contributed by atoms with Crippen molar-refractivity contribution in [2.75, 3.05) is 13.2 Å². The van der Waals surface area contributed by atoms with Crippen LogP contribution in [0.25, 0.3) is 0 Å². The van der Waals surface area contributed by atoms with E-state index in [-0.39, 0.29) is 12.6 Å². The molecule has 4 heteroatoms. The Balaban J connectivity index is 0.000000217. The Morgan fingerprint density at radius 3 is 2.33 bits per heavy atom. The highest BCUT2D eigenvalue weighted by molar-refractivity contribution is 5.69. The van der Waals surface area contributed by atoms with Gasteiger partial charge in [-0.3, -0.25) is 4.79 Å². The number of hydrogen-bond donors (Lipinski definition) is 2. The maximum Gasteiger partial charge on any atom is 0.305 e. The third kappa shape index (κ3) is 7.50. The molecule has 1 heterocycles. The van der Waals surface area contributed by atoms with E-state index in [9.17, 15) is 4.79 Å². The van der Waals surface area contributed by atoms with E-state index in [4.69, 9.17) is 10.2 Å². The molecular weight excluding hydrogens is 160 g/mol. The molecule has 0 bridgehead atoms. The van der Waals surface area contributed by atoms with E-state index in [1.54, 1.807) is 0 Å². The monoisotopic (exact) mass is 176 g/mol. The quantitative estimate of drug-likeness (QED) is 0.555. The minimum Gasteiger partial charge on any atom is -0.466 e. The lowest BCUT2D eigenvalue weighted by atomic mass is 10.2. The molecule has 4 nitrogen and oxygen atoms in total. The summed E-state index contributed by atoms with van der Waals surface area (Å²) in [6, 6.07) is 0. The number of esters is 1. The fraction of sp³-hybridized carbons (Fsp3) is 0.875. The van der Waals surface area contributed by atoms with Crippen molar-refractivity contribution in [2.24, 2.45) is 0 Å². The van der Waals surface area contributed by atoms with E-state index in [0.29, 0.717) is 13.0 Å². The fourth-order valence-electron chi connectivity index (χ4n) is 0.630. The van der Waals surface area contributed by atoms with E-state index >= 15 is 0 Å². The SMILES string of the molecule is CC(O)CO.O=C1CCCCO1. The van der Waals surface area contributed by atoms with Crippen LogP contribution in [-0.4, -0.2) is 35.5 Å². The maximum atomic E-state index is 10.2. The van der Waals surface area contributed by atoms with Crippen molar-refractivity contribution in [1.29, 1.82) is 0 Å². The summed E-state index contributed by atoms with van der Waals surface area (Å²) < 4.78 is 4.64. The van der Waals surface area contributed by atoms with Crippen molar-refractivity contribution in [1.82, 2.24) is 0 Å². The predicted octanol–water partition coefficient (Wildman–Crippen LogP) is 0.0730. The van der Waals surface area contributed by atoms with Crippen LogP contribution in [0.5, 0.6) is 0 Å². The van der Waals surface area contributed by atoms with Gasteiger partial charge in [0.25, 0.3) is 0 Å². The molecule has 1 saturated heterocycles. The summed E-state index contributed by atoms with van der Waals surface area (Å²) in [5, 5.41) is 16.0. The summed E-state index contributed by atoms with van der Waals surface area (Å²) >= 11 is 0. The first-order chi connectivity index (χ1) is 5.66. The number of carbonyl (C=O) groups is 1. The third-order valence-electron chi connectivity index (χ3n) is 1.30. The van der Waals surface area contributed by atoms with Crippen LogP contribution < -0.4 is 0 Å². The van der Waals surface area contributed by atoms with Crippen LogP contribution in [0.15, 0.2) is 0 Å². The third-order valence-corrected chi connectivity index (χ3v) is 1.30. The molecule has 1 unspecified atom stereocenters. The standard InChI is InChI=1S/C5H8O2.C3H8O2/c6-5-3-1-2-4-7-5;1-3(5)2-4/h1-4H2;3-5H,2H2,1H3. The summed E-state index contributed by atoms with van der Waals surface area (Å²) in [6.45, 7) is 2.03. The Morgan fingerprint density at radius 2 is 2.17 bits per heavy atom. The normalized spacial score (nSPS) is 18.8. The van der Waals surface area contributed by atoms with Crippen molar-refractivity contribution in [3.63, 3.8) is 0 Å². The van der Waals surface area contributed by atoms with Crippen LogP contribution in [0, 0.1) is 0 Å². The largest absolute Gasteiger partial charge is 0.466 e. The molecule has 0 radical (unpaired) electrons. The minimum atomic E-state index is -0.560. The number of cyclic esters (lactones) is 1. The lowest BCUT2D eigenvalue weighted by Crippen LogP contribution is -2.10. The number of aliphatic hydroxyl groups is 2. The molecule has 2 N–H and O–H groups in total. The molecule has 0 aromatic carbocycles. The van der Waals surface area contributed by atoms with E-state index < -0.39 is 6.10 Å². The molecule has 0 aromatic heterocycles. The van der Waals surface area contributed by atoms with Gasteiger partial charge in [0, 0.05) is 6.42 Å². The van der Waals surface area contributed by atoms with Crippen molar-refractivity contribution < 1.29 is 19.7 Å².